The number of hydrogen-bond donors (Lipinski definition) is 0. The molecular formula is C16H15FO2. The lowest BCUT2D eigenvalue weighted by Gasteiger charge is -2.10. The molecule has 0 aliphatic rings. The smallest absolute Gasteiger partial charge is 0.196 e. The molecule has 0 heterocycles. The van der Waals surface area contributed by atoms with Crippen LogP contribution in [-0.4, -0.2) is 12.4 Å². The number of para-hydroxylation sites is 1. The zero-order chi connectivity index (χ0) is 13.7. The number of ether oxygens (including phenoxy) is 1. The minimum atomic E-state index is -0.419. The molecule has 0 bridgehead atoms. The summed E-state index contributed by atoms with van der Waals surface area (Å²) in [6.07, 6.45) is 0.864. The first-order chi connectivity index (χ1) is 9.22. The molecular weight excluding hydrogens is 243 g/mol. The summed E-state index contributed by atoms with van der Waals surface area (Å²) in [4.78, 5) is 12.3. The predicted octanol–water partition coefficient (Wildman–Crippen LogP) is 3.85. The normalized spacial score (nSPS) is 10.2. The molecule has 3 heteroatoms. The van der Waals surface area contributed by atoms with Crippen LogP contribution in [0, 0.1) is 5.82 Å². The molecule has 0 N–H and O–H groups in total. The Hall–Kier alpha value is -2.16. The molecule has 0 radical (unpaired) electrons. The second kappa shape index (κ2) is 6.14. The zero-order valence-electron chi connectivity index (χ0n) is 10.7. The third-order valence-corrected chi connectivity index (χ3v) is 2.68. The van der Waals surface area contributed by atoms with E-state index in [1.807, 2.05) is 13.0 Å². The van der Waals surface area contributed by atoms with Crippen molar-refractivity contribution in [3.8, 4) is 5.75 Å². The van der Waals surface area contributed by atoms with E-state index in [0.717, 1.165) is 6.42 Å². The summed E-state index contributed by atoms with van der Waals surface area (Å²) in [6, 6.07) is 12.7. The maximum Gasteiger partial charge on any atom is 0.196 e. The van der Waals surface area contributed by atoms with Gasteiger partial charge in [-0.1, -0.05) is 31.2 Å². The monoisotopic (exact) mass is 258 g/mol. The molecule has 0 saturated heterocycles. The minimum absolute atomic E-state index is 0.230. The average molecular weight is 258 g/mol. The number of halogens is 1. The van der Waals surface area contributed by atoms with Gasteiger partial charge in [-0.2, -0.15) is 0 Å². The quantitative estimate of drug-likeness (QED) is 0.761. The molecule has 2 aromatic carbocycles. The van der Waals surface area contributed by atoms with Crippen LogP contribution in [0.25, 0.3) is 0 Å². The molecule has 0 aromatic heterocycles. The van der Waals surface area contributed by atoms with E-state index in [1.165, 1.54) is 18.2 Å². The molecule has 0 aliphatic carbocycles. The summed E-state index contributed by atoms with van der Waals surface area (Å²) in [5, 5.41) is 0. The topological polar surface area (TPSA) is 26.3 Å². The number of carbonyl (C=O) groups excluding carboxylic acids is 1. The fourth-order valence-corrected chi connectivity index (χ4v) is 1.78. The lowest BCUT2D eigenvalue weighted by Crippen LogP contribution is -2.06. The highest BCUT2D eigenvalue weighted by Gasteiger charge is 2.14. The van der Waals surface area contributed by atoms with Crippen molar-refractivity contribution in [1.82, 2.24) is 0 Å². The lowest BCUT2D eigenvalue weighted by atomic mass is 10.0. The molecule has 2 rings (SSSR count). The maximum absolute atomic E-state index is 13.2. The van der Waals surface area contributed by atoms with Gasteiger partial charge in [0.1, 0.15) is 11.6 Å². The first-order valence-corrected chi connectivity index (χ1v) is 6.24. The molecule has 0 aliphatic heterocycles. The maximum atomic E-state index is 13.2. The predicted molar refractivity (Wildman–Crippen MR) is 72.1 cm³/mol. The first kappa shape index (κ1) is 13.3. The molecule has 2 nitrogen and oxygen atoms in total. The molecule has 2 aromatic rings. The van der Waals surface area contributed by atoms with Gasteiger partial charge >= 0.3 is 0 Å². The van der Waals surface area contributed by atoms with Gasteiger partial charge in [0.2, 0.25) is 0 Å². The highest BCUT2D eigenvalue weighted by Crippen LogP contribution is 2.22. The van der Waals surface area contributed by atoms with Crippen molar-refractivity contribution in [3.63, 3.8) is 0 Å². The van der Waals surface area contributed by atoms with Crippen LogP contribution in [0.3, 0.4) is 0 Å². The number of benzene rings is 2. The van der Waals surface area contributed by atoms with Gasteiger partial charge in [-0.3, -0.25) is 4.79 Å². The fourth-order valence-electron chi connectivity index (χ4n) is 1.78. The summed E-state index contributed by atoms with van der Waals surface area (Å²) in [5.74, 6) is -0.109. The van der Waals surface area contributed by atoms with Gasteiger partial charge in [0.25, 0.3) is 0 Å². The van der Waals surface area contributed by atoms with Gasteiger partial charge in [-0.15, -0.1) is 0 Å². The van der Waals surface area contributed by atoms with Crippen molar-refractivity contribution in [3.05, 3.63) is 65.5 Å². The van der Waals surface area contributed by atoms with Crippen molar-refractivity contribution in [2.24, 2.45) is 0 Å². The average Bonchev–Trinajstić information content (AvgIpc) is 2.44. The van der Waals surface area contributed by atoms with Crippen LogP contribution < -0.4 is 4.74 Å². The molecule has 19 heavy (non-hydrogen) atoms. The Balaban J connectivity index is 2.33. The van der Waals surface area contributed by atoms with Crippen molar-refractivity contribution >= 4 is 5.78 Å². The molecule has 0 fully saturated rings. The molecule has 0 amide bonds. The Morgan fingerprint density at radius 2 is 1.95 bits per heavy atom. The molecule has 0 atom stereocenters. The standard InChI is InChI=1S/C16H15FO2/c1-2-10-19-15-9-4-3-8-14(15)16(18)12-6-5-7-13(17)11-12/h3-9,11H,2,10H2,1H3. The van der Waals surface area contributed by atoms with Crippen LogP contribution >= 0.6 is 0 Å². The summed E-state index contributed by atoms with van der Waals surface area (Å²) in [6.45, 7) is 2.55. The van der Waals surface area contributed by atoms with Crippen LogP contribution in [0.4, 0.5) is 4.39 Å². The van der Waals surface area contributed by atoms with Crippen LogP contribution in [0.2, 0.25) is 0 Å². The Kier molecular flexibility index (Phi) is 4.29. The number of carbonyl (C=O) groups is 1. The summed E-state index contributed by atoms with van der Waals surface area (Å²) in [7, 11) is 0. The minimum Gasteiger partial charge on any atom is -0.493 e. The first-order valence-electron chi connectivity index (χ1n) is 6.24. The Labute approximate surface area is 111 Å². The van der Waals surface area contributed by atoms with Gasteiger partial charge in [-0.25, -0.2) is 4.39 Å². The molecule has 0 unspecified atom stereocenters. The van der Waals surface area contributed by atoms with Crippen molar-refractivity contribution < 1.29 is 13.9 Å². The van der Waals surface area contributed by atoms with Crippen LogP contribution in [0.1, 0.15) is 29.3 Å². The second-order valence-corrected chi connectivity index (χ2v) is 4.18. The number of ketones is 1. The van der Waals surface area contributed by atoms with E-state index in [-0.39, 0.29) is 5.78 Å². The van der Waals surface area contributed by atoms with Crippen molar-refractivity contribution in [1.29, 1.82) is 0 Å². The summed E-state index contributed by atoms with van der Waals surface area (Å²) >= 11 is 0. The van der Waals surface area contributed by atoms with Gasteiger partial charge in [-0.05, 0) is 30.7 Å². The Bertz CT molecular complexity index is 578. The third-order valence-electron chi connectivity index (χ3n) is 2.68. The van der Waals surface area contributed by atoms with E-state index >= 15 is 0 Å². The highest BCUT2D eigenvalue weighted by molar-refractivity contribution is 6.10. The number of hydrogen-bond acceptors (Lipinski definition) is 2. The van der Waals surface area contributed by atoms with E-state index in [4.69, 9.17) is 4.74 Å². The zero-order valence-corrected chi connectivity index (χ0v) is 10.7. The molecule has 0 spiro atoms. The van der Waals surface area contributed by atoms with Crippen LogP contribution in [0.5, 0.6) is 5.75 Å². The number of rotatable bonds is 5. The van der Waals surface area contributed by atoms with Crippen molar-refractivity contribution in [2.45, 2.75) is 13.3 Å². The van der Waals surface area contributed by atoms with E-state index < -0.39 is 5.82 Å². The largest absolute Gasteiger partial charge is 0.493 e. The van der Waals surface area contributed by atoms with E-state index in [1.54, 1.807) is 24.3 Å². The fraction of sp³-hybridized carbons (Fsp3) is 0.188. The van der Waals surface area contributed by atoms with Gasteiger partial charge in [0.05, 0.1) is 12.2 Å². The van der Waals surface area contributed by atoms with E-state index in [9.17, 15) is 9.18 Å². The SMILES string of the molecule is CCCOc1ccccc1C(=O)c1cccc(F)c1. The van der Waals surface area contributed by atoms with E-state index in [0.29, 0.717) is 23.5 Å². The summed E-state index contributed by atoms with van der Waals surface area (Å²) < 4.78 is 18.7. The second-order valence-electron chi connectivity index (χ2n) is 4.18. The van der Waals surface area contributed by atoms with Gasteiger partial charge in [0, 0.05) is 5.56 Å². The van der Waals surface area contributed by atoms with Gasteiger partial charge < -0.3 is 4.74 Å². The summed E-state index contributed by atoms with van der Waals surface area (Å²) in [5.41, 5.74) is 0.786. The third kappa shape index (κ3) is 3.19. The lowest BCUT2D eigenvalue weighted by molar-refractivity contribution is 0.103. The van der Waals surface area contributed by atoms with Crippen LogP contribution in [-0.2, 0) is 0 Å². The van der Waals surface area contributed by atoms with Crippen LogP contribution in [0.15, 0.2) is 48.5 Å². The van der Waals surface area contributed by atoms with Gasteiger partial charge in [0.15, 0.2) is 5.78 Å². The molecule has 98 valence electrons. The molecule has 0 saturated carbocycles. The Morgan fingerprint density at radius 1 is 1.16 bits per heavy atom. The van der Waals surface area contributed by atoms with E-state index in [2.05, 4.69) is 0 Å². The Morgan fingerprint density at radius 3 is 2.68 bits per heavy atom. The van der Waals surface area contributed by atoms with Crippen molar-refractivity contribution in [2.75, 3.05) is 6.61 Å². The highest BCUT2D eigenvalue weighted by atomic mass is 19.1.